The lowest BCUT2D eigenvalue weighted by molar-refractivity contribution is 0.282. The van der Waals surface area contributed by atoms with Crippen LogP contribution in [0.25, 0.3) is 0 Å². The second kappa shape index (κ2) is 4.79. The minimum Gasteiger partial charge on any atom is -0.392 e. The van der Waals surface area contributed by atoms with E-state index >= 15 is 0 Å². The van der Waals surface area contributed by atoms with Crippen LogP contribution in [0.5, 0.6) is 0 Å². The Bertz CT molecular complexity index is 649. The fraction of sp³-hybridized carbons (Fsp3) is 0.182. The van der Waals surface area contributed by atoms with Crippen molar-refractivity contribution >= 4 is 15.7 Å². The third kappa shape index (κ3) is 2.69. The maximum Gasteiger partial charge on any atom is 0.280 e. The number of nitrogens with one attached hydrogen (secondary N) is 1. The highest BCUT2D eigenvalue weighted by molar-refractivity contribution is 7.92. The molecule has 0 radical (unpaired) electrons. The number of imidazole rings is 1. The molecule has 18 heavy (non-hydrogen) atoms. The van der Waals surface area contributed by atoms with Gasteiger partial charge in [-0.05, 0) is 17.7 Å². The van der Waals surface area contributed by atoms with E-state index in [1.165, 1.54) is 12.5 Å². The lowest BCUT2D eigenvalue weighted by Gasteiger charge is -2.06. The number of aromatic nitrogens is 2. The molecule has 1 aromatic heterocycles. The number of nitrogens with zero attached hydrogens (tertiary/aromatic N) is 2. The van der Waals surface area contributed by atoms with Gasteiger partial charge in [0.25, 0.3) is 10.0 Å². The number of sulfonamides is 1. The van der Waals surface area contributed by atoms with Crippen LogP contribution < -0.4 is 4.72 Å². The monoisotopic (exact) mass is 267 g/mol. The standard InChI is InChI=1S/C11H13N3O3S/c1-14-6-11(12-8-14)18(16,17)13-10-4-2-3-9(5-10)7-15/h2-6,8,13,15H,7H2,1H3. The number of aliphatic hydroxyl groups excluding tert-OH is 1. The molecule has 0 bridgehead atoms. The van der Waals surface area contributed by atoms with E-state index in [1.807, 2.05) is 0 Å². The summed E-state index contributed by atoms with van der Waals surface area (Å²) in [5.41, 5.74) is 1.03. The molecular formula is C11H13N3O3S. The van der Waals surface area contributed by atoms with E-state index in [0.29, 0.717) is 11.3 Å². The smallest absolute Gasteiger partial charge is 0.280 e. The Morgan fingerprint density at radius 1 is 1.44 bits per heavy atom. The summed E-state index contributed by atoms with van der Waals surface area (Å²) in [7, 11) is -1.99. The van der Waals surface area contributed by atoms with Crippen molar-refractivity contribution in [2.75, 3.05) is 4.72 Å². The topological polar surface area (TPSA) is 84.2 Å². The maximum absolute atomic E-state index is 12.0. The molecule has 1 heterocycles. The van der Waals surface area contributed by atoms with Gasteiger partial charge in [-0.25, -0.2) is 4.98 Å². The van der Waals surface area contributed by atoms with Gasteiger partial charge in [0.2, 0.25) is 0 Å². The van der Waals surface area contributed by atoms with Gasteiger partial charge in [-0.2, -0.15) is 8.42 Å². The molecule has 1 aromatic carbocycles. The first-order valence-electron chi connectivity index (χ1n) is 5.22. The summed E-state index contributed by atoms with van der Waals surface area (Å²) in [6, 6.07) is 6.56. The Hall–Kier alpha value is -1.86. The van der Waals surface area contributed by atoms with Gasteiger partial charge < -0.3 is 9.67 Å². The Kier molecular flexibility index (Phi) is 3.35. The molecular weight excluding hydrogens is 254 g/mol. The number of hydrogen-bond acceptors (Lipinski definition) is 4. The zero-order chi connectivity index (χ0) is 13.2. The summed E-state index contributed by atoms with van der Waals surface area (Å²) in [6.45, 7) is -0.140. The van der Waals surface area contributed by atoms with Crippen molar-refractivity contribution in [1.82, 2.24) is 9.55 Å². The summed E-state index contributed by atoms with van der Waals surface area (Å²) in [6.07, 6.45) is 2.83. The number of hydrogen-bond donors (Lipinski definition) is 2. The van der Waals surface area contributed by atoms with E-state index in [0.717, 1.165) is 0 Å². The third-order valence-corrected chi connectivity index (χ3v) is 3.58. The molecule has 0 saturated carbocycles. The highest BCUT2D eigenvalue weighted by atomic mass is 32.2. The predicted molar refractivity (Wildman–Crippen MR) is 66.4 cm³/mol. The molecule has 0 unspecified atom stereocenters. The molecule has 0 saturated heterocycles. The van der Waals surface area contributed by atoms with Gasteiger partial charge in [-0.3, -0.25) is 4.72 Å². The first kappa shape index (κ1) is 12.6. The molecule has 2 aromatic rings. The van der Waals surface area contributed by atoms with Gasteiger partial charge in [0, 0.05) is 18.9 Å². The van der Waals surface area contributed by atoms with Gasteiger partial charge in [-0.15, -0.1) is 0 Å². The number of aliphatic hydroxyl groups is 1. The second-order valence-corrected chi connectivity index (χ2v) is 5.47. The molecule has 96 valence electrons. The summed E-state index contributed by atoms with van der Waals surface area (Å²) in [5.74, 6) is 0. The van der Waals surface area contributed by atoms with Crippen LogP contribution in [0.1, 0.15) is 5.56 Å². The molecule has 0 aliphatic carbocycles. The highest BCUT2D eigenvalue weighted by Gasteiger charge is 2.16. The van der Waals surface area contributed by atoms with Crippen molar-refractivity contribution in [3.63, 3.8) is 0 Å². The van der Waals surface area contributed by atoms with Crippen LogP contribution in [0.3, 0.4) is 0 Å². The summed E-state index contributed by atoms with van der Waals surface area (Å²) < 4.78 is 27.9. The van der Waals surface area contributed by atoms with Crippen LogP contribution in [-0.4, -0.2) is 23.1 Å². The fourth-order valence-electron chi connectivity index (χ4n) is 1.47. The van der Waals surface area contributed by atoms with Crippen molar-refractivity contribution in [3.8, 4) is 0 Å². The molecule has 0 aliphatic rings. The number of aryl methyl sites for hydroxylation is 1. The number of rotatable bonds is 4. The van der Waals surface area contributed by atoms with E-state index in [-0.39, 0.29) is 11.6 Å². The highest BCUT2D eigenvalue weighted by Crippen LogP contribution is 2.15. The van der Waals surface area contributed by atoms with Crippen molar-refractivity contribution < 1.29 is 13.5 Å². The molecule has 2 N–H and O–H groups in total. The SMILES string of the molecule is Cn1cnc(S(=O)(=O)Nc2cccc(CO)c2)c1. The molecule has 7 heteroatoms. The largest absolute Gasteiger partial charge is 0.392 e. The Balaban J connectivity index is 2.27. The van der Waals surface area contributed by atoms with Crippen LogP contribution in [0.4, 0.5) is 5.69 Å². The van der Waals surface area contributed by atoms with Crippen molar-refractivity contribution in [3.05, 3.63) is 42.4 Å². The fourth-order valence-corrected chi connectivity index (χ4v) is 2.50. The molecule has 0 amide bonds. The Labute approximate surface area is 105 Å². The van der Waals surface area contributed by atoms with Gasteiger partial charge in [0.05, 0.1) is 12.9 Å². The number of anilines is 1. The van der Waals surface area contributed by atoms with Crippen molar-refractivity contribution in [2.24, 2.45) is 7.05 Å². The Morgan fingerprint density at radius 2 is 2.22 bits per heavy atom. The van der Waals surface area contributed by atoms with Crippen LogP contribution in [0, 0.1) is 0 Å². The zero-order valence-corrected chi connectivity index (χ0v) is 10.6. The van der Waals surface area contributed by atoms with E-state index < -0.39 is 10.0 Å². The maximum atomic E-state index is 12.0. The second-order valence-electron chi connectivity index (χ2n) is 3.84. The molecule has 0 aliphatic heterocycles. The van der Waals surface area contributed by atoms with Crippen LogP contribution >= 0.6 is 0 Å². The number of benzene rings is 1. The van der Waals surface area contributed by atoms with Crippen LogP contribution in [-0.2, 0) is 23.7 Å². The molecule has 6 nitrogen and oxygen atoms in total. The molecule has 2 rings (SSSR count). The zero-order valence-electron chi connectivity index (χ0n) is 9.74. The van der Waals surface area contributed by atoms with E-state index in [9.17, 15) is 8.42 Å². The summed E-state index contributed by atoms with van der Waals surface area (Å²) in [4.78, 5) is 3.79. The van der Waals surface area contributed by atoms with Crippen molar-refractivity contribution in [1.29, 1.82) is 0 Å². The normalized spacial score (nSPS) is 11.4. The average Bonchev–Trinajstić information content (AvgIpc) is 2.76. The lowest BCUT2D eigenvalue weighted by atomic mass is 10.2. The van der Waals surface area contributed by atoms with Gasteiger partial charge in [0.1, 0.15) is 0 Å². The predicted octanol–water partition coefficient (Wildman–Crippen LogP) is 0.713. The van der Waals surface area contributed by atoms with E-state index in [4.69, 9.17) is 5.11 Å². The van der Waals surface area contributed by atoms with Crippen molar-refractivity contribution in [2.45, 2.75) is 11.6 Å². The quantitative estimate of drug-likeness (QED) is 0.854. The van der Waals surface area contributed by atoms with Crippen LogP contribution in [0.15, 0.2) is 41.8 Å². The average molecular weight is 267 g/mol. The Morgan fingerprint density at radius 3 is 2.83 bits per heavy atom. The third-order valence-electron chi connectivity index (χ3n) is 2.32. The van der Waals surface area contributed by atoms with E-state index in [2.05, 4.69) is 9.71 Å². The molecule has 0 fully saturated rings. The van der Waals surface area contributed by atoms with E-state index in [1.54, 1.807) is 35.9 Å². The first-order chi connectivity index (χ1) is 8.51. The van der Waals surface area contributed by atoms with Gasteiger partial charge >= 0.3 is 0 Å². The summed E-state index contributed by atoms with van der Waals surface area (Å²) >= 11 is 0. The van der Waals surface area contributed by atoms with Gasteiger partial charge in [0.15, 0.2) is 5.03 Å². The lowest BCUT2D eigenvalue weighted by Crippen LogP contribution is -2.13. The molecule has 0 spiro atoms. The van der Waals surface area contributed by atoms with Crippen LogP contribution in [0.2, 0.25) is 0 Å². The summed E-state index contributed by atoms with van der Waals surface area (Å²) in [5, 5.41) is 8.95. The van der Waals surface area contributed by atoms with Gasteiger partial charge in [-0.1, -0.05) is 12.1 Å². The molecule has 0 atom stereocenters. The minimum atomic E-state index is -3.68. The first-order valence-corrected chi connectivity index (χ1v) is 6.70. The minimum absolute atomic E-state index is 0.0422.